The van der Waals surface area contributed by atoms with Crippen molar-refractivity contribution in [3.8, 4) is 0 Å². The zero-order valence-electron chi connectivity index (χ0n) is 19.1. The monoisotopic (exact) mass is 506 g/mol. The van der Waals surface area contributed by atoms with Crippen molar-refractivity contribution in [1.29, 1.82) is 0 Å². The van der Waals surface area contributed by atoms with Gasteiger partial charge in [-0.2, -0.15) is 9.30 Å². The highest BCUT2D eigenvalue weighted by Gasteiger charge is 2.22. The summed E-state index contributed by atoms with van der Waals surface area (Å²) in [5.74, 6) is -0.544. The van der Waals surface area contributed by atoms with Gasteiger partial charge in [0.05, 0.1) is 26.6 Å². The number of nitro groups is 1. The van der Waals surface area contributed by atoms with Gasteiger partial charge >= 0.3 is 0 Å². The third kappa shape index (κ3) is 5.41. The van der Waals surface area contributed by atoms with Crippen LogP contribution in [0.3, 0.4) is 0 Å². The van der Waals surface area contributed by atoms with Crippen LogP contribution < -0.4 is 4.80 Å². The lowest BCUT2D eigenvalue weighted by Crippen LogP contribution is -2.30. The molecule has 0 fully saturated rings. The van der Waals surface area contributed by atoms with Crippen LogP contribution in [0.2, 0.25) is 0 Å². The van der Waals surface area contributed by atoms with E-state index in [9.17, 15) is 23.3 Å². The predicted molar refractivity (Wildman–Crippen MR) is 129 cm³/mol. The summed E-state index contributed by atoms with van der Waals surface area (Å²) in [5.41, 5.74) is 0.766. The molecule has 3 rings (SSSR count). The number of sulfonamides is 1. The van der Waals surface area contributed by atoms with Crippen molar-refractivity contribution < 1.29 is 22.9 Å². The molecule has 1 amide bonds. The number of fused-ring (bicyclic) bond motifs is 1. The van der Waals surface area contributed by atoms with E-state index in [1.165, 1.54) is 52.0 Å². The minimum Gasteiger partial charge on any atom is -0.380 e. The van der Waals surface area contributed by atoms with Crippen LogP contribution in [0.15, 0.2) is 52.4 Å². The molecule has 1 heterocycles. The summed E-state index contributed by atoms with van der Waals surface area (Å²) >= 11 is 1.24. The third-order valence-electron chi connectivity index (χ3n) is 5.18. The fraction of sp³-hybridized carbons (Fsp3) is 0.364. The van der Waals surface area contributed by atoms with Crippen LogP contribution in [0.25, 0.3) is 10.2 Å². The van der Waals surface area contributed by atoms with Gasteiger partial charge < -0.3 is 9.30 Å². The topological polar surface area (TPSA) is 124 Å². The van der Waals surface area contributed by atoms with Crippen molar-refractivity contribution >= 4 is 43.2 Å². The first-order valence-electron chi connectivity index (χ1n) is 10.8. The Labute approximate surface area is 201 Å². The Bertz CT molecular complexity index is 1360. The van der Waals surface area contributed by atoms with Crippen molar-refractivity contribution in [1.82, 2.24) is 8.87 Å². The van der Waals surface area contributed by atoms with Crippen molar-refractivity contribution in [3.05, 3.63) is 62.9 Å². The lowest BCUT2D eigenvalue weighted by atomic mass is 10.2. The number of hydrogen-bond donors (Lipinski definition) is 0. The van der Waals surface area contributed by atoms with Gasteiger partial charge in [-0.15, -0.1) is 0 Å². The van der Waals surface area contributed by atoms with Crippen LogP contribution in [0.4, 0.5) is 5.69 Å². The maximum absolute atomic E-state index is 12.9. The molecule has 0 aliphatic carbocycles. The quantitative estimate of drug-likeness (QED) is 0.236. The third-order valence-corrected chi connectivity index (χ3v) is 8.30. The molecular formula is C22H26N4O6S2. The first-order chi connectivity index (χ1) is 16.2. The van der Waals surface area contributed by atoms with Gasteiger partial charge in [0.2, 0.25) is 10.0 Å². The van der Waals surface area contributed by atoms with Crippen molar-refractivity contribution in [3.63, 3.8) is 0 Å². The fourth-order valence-electron chi connectivity index (χ4n) is 3.41. The maximum Gasteiger partial charge on any atom is 0.279 e. The molecule has 0 bridgehead atoms. The molecule has 12 heteroatoms. The summed E-state index contributed by atoms with van der Waals surface area (Å²) in [4.78, 5) is 28.3. The van der Waals surface area contributed by atoms with Gasteiger partial charge in [-0.3, -0.25) is 14.9 Å². The molecule has 10 nitrogen and oxygen atoms in total. The number of non-ortho nitro benzene ring substituents is 1. The second-order valence-electron chi connectivity index (χ2n) is 7.17. The Morgan fingerprint density at radius 2 is 1.82 bits per heavy atom. The number of nitrogens with zero attached hydrogens (tertiary/aromatic N) is 4. The maximum atomic E-state index is 12.9. The Kier molecular flexibility index (Phi) is 8.31. The molecule has 182 valence electrons. The lowest BCUT2D eigenvalue weighted by molar-refractivity contribution is -0.384. The zero-order chi connectivity index (χ0) is 24.9. The molecule has 0 saturated carbocycles. The van der Waals surface area contributed by atoms with Crippen LogP contribution in [-0.2, 0) is 21.3 Å². The predicted octanol–water partition coefficient (Wildman–Crippen LogP) is 3.42. The van der Waals surface area contributed by atoms with E-state index in [1.54, 1.807) is 24.5 Å². The number of carbonyl (C=O) groups excluding carboxylic acids is 1. The Morgan fingerprint density at radius 3 is 2.41 bits per heavy atom. The number of thiazole rings is 1. The lowest BCUT2D eigenvalue weighted by Gasteiger charge is -2.18. The van der Waals surface area contributed by atoms with E-state index < -0.39 is 20.9 Å². The van der Waals surface area contributed by atoms with Gasteiger partial charge in [-0.05, 0) is 37.3 Å². The number of amides is 1. The van der Waals surface area contributed by atoms with Gasteiger partial charge in [-0.25, -0.2) is 8.42 Å². The van der Waals surface area contributed by atoms with Crippen LogP contribution in [0, 0.1) is 10.1 Å². The second-order valence-corrected chi connectivity index (χ2v) is 10.1. The summed E-state index contributed by atoms with van der Waals surface area (Å²) in [6, 6.07) is 10.2. The average molecular weight is 507 g/mol. The van der Waals surface area contributed by atoms with Gasteiger partial charge in [-0.1, -0.05) is 25.2 Å². The molecule has 0 spiro atoms. The second kappa shape index (κ2) is 11.0. The average Bonchev–Trinajstić information content (AvgIpc) is 3.16. The van der Waals surface area contributed by atoms with E-state index in [2.05, 4.69) is 4.99 Å². The minimum atomic E-state index is -3.63. The van der Waals surface area contributed by atoms with Crippen molar-refractivity contribution in [2.24, 2.45) is 4.99 Å². The SMILES string of the molecule is CCOCCn1c(=NC(=O)c2ccc(S(=O)(=O)N(CC)CC)cc2)sc2ccc([N+](=O)[O-])cc21. The number of nitro benzene ring substituents is 1. The normalized spacial score (nSPS) is 12.5. The molecule has 0 unspecified atom stereocenters. The fourth-order valence-corrected chi connectivity index (χ4v) is 5.90. The Balaban J connectivity index is 2.00. The zero-order valence-corrected chi connectivity index (χ0v) is 20.8. The number of hydrogen-bond acceptors (Lipinski definition) is 7. The summed E-state index contributed by atoms with van der Waals surface area (Å²) < 4.78 is 34.6. The van der Waals surface area contributed by atoms with E-state index in [0.717, 1.165) is 4.70 Å². The number of benzene rings is 2. The molecule has 34 heavy (non-hydrogen) atoms. The minimum absolute atomic E-state index is 0.0571. The molecule has 0 aliphatic heterocycles. The van der Waals surface area contributed by atoms with E-state index in [1.807, 2.05) is 6.92 Å². The van der Waals surface area contributed by atoms with Gasteiger partial charge in [0, 0.05) is 43.9 Å². The number of carbonyl (C=O) groups is 1. The largest absolute Gasteiger partial charge is 0.380 e. The van der Waals surface area contributed by atoms with E-state index in [4.69, 9.17) is 4.74 Å². The first kappa shape index (κ1) is 25.7. The molecule has 0 saturated heterocycles. The van der Waals surface area contributed by atoms with Crippen molar-refractivity contribution in [2.75, 3.05) is 26.3 Å². The molecule has 0 radical (unpaired) electrons. The van der Waals surface area contributed by atoms with Crippen molar-refractivity contribution in [2.45, 2.75) is 32.2 Å². The van der Waals surface area contributed by atoms with Gasteiger partial charge in [0.25, 0.3) is 11.6 Å². The molecule has 0 N–H and O–H groups in total. The highest BCUT2D eigenvalue weighted by Crippen LogP contribution is 2.23. The molecule has 0 aliphatic rings. The van der Waals surface area contributed by atoms with Gasteiger partial charge in [0.1, 0.15) is 0 Å². The highest BCUT2D eigenvalue weighted by atomic mass is 32.2. The van der Waals surface area contributed by atoms with Crippen LogP contribution >= 0.6 is 11.3 Å². The van der Waals surface area contributed by atoms with E-state index in [0.29, 0.717) is 43.2 Å². The molecule has 3 aromatic rings. The standard InChI is InChI=1S/C22H26N4O6S2/c1-4-24(5-2)34(30,31)18-10-7-16(8-11-18)21(27)23-22-25(13-14-32-6-3)19-15-17(26(28)29)9-12-20(19)33-22/h7-12,15H,4-6,13-14H2,1-3H3. The van der Waals surface area contributed by atoms with Crippen LogP contribution in [0.5, 0.6) is 0 Å². The van der Waals surface area contributed by atoms with Gasteiger partial charge in [0.15, 0.2) is 4.80 Å². The summed E-state index contributed by atoms with van der Waals surface area (Å²) in [6.45, 7) is 7.31. The Morgan fingerprint density at radius 1 is 1.15 bits per heavy atom. The molecule has 2 aromatic carbocycles. The molecular weight excluding hydrogens is 480 g/mol. The number of rotatable bonds is 10. The van der Waals surface area contributed by atoms with Crippen LogP contribution in [0.1, 0.15) is 31.1 Å². The summed E-state index contributed by atoms with van der Waals surface area (Å²) in [6.07, 6.45) is 0. The molecule has 0 atom stereocenters. The first-order valence-corrected chi connectivity index (χ1v) is 13.0. The smallest absolute Gasteiger partial charge is 0.279 e. The van der Waals surface area contributed by atoms with E-state index >= 15 is 0 Å². The summed E-state index contributed by atoms with van der Waals surface area (Å²) in [5, 5.41) is 11.2. The number of aromatic nitrogens is 1. The summed E-state index contributed by atoms with van der Waals surface area (Å²) in [7, 11) is -3.63. The Hall–Kier alpha value is -2.93. The van der Waals surface area contributed by atoms with E-state index in [-0.39, 0.29) is 16.1 Å². The van der Waals surface area contributed by atoms with Crippen LogP contribution in [-0.4, -0.2) is 54.4 Å². The number of ether oxygens (including phenoxy) is 1. The molecule has 1 aromatic heterocycles. The highest BCUT2D eigenvalue weighted by molar-refractivity contribution is 7.89.